The summed E-state index contributed by atoms with van der Waals surface area (Å²) in [6, 6.07) is 7.52. The number of carbonyl (C=O) groups is 2. The minimum Gasteiger partial charge on any atom is -0.370 e. The number of benzene rings is 1. The van der Waals surface area contributed by atoms with Crippen molar-refractivity contribution in [2.45, 2.75) is 18.9 Å². The van der Waals surface area contributed by atoms with E-state index in [-0.39, 0.29) is 23.8 Å². The van der Waals surface area contributed by atoms with Crippen molar-refractivity contribution in [2.75, 3.05) is 33.3 Å². The average Bonchev–Trinajstić information content (AvgIpc) is 2.57. The van der Waals surface area contributed by atoms with E-state index in [9.17, 15) is 9.59 Å². The van der Waals surface area contributed by atoms with Crippen molar-refractivity contribution in [3.8, 4) is 0 Å². The molecule has 1 aromatic carbocycles. The van der Waals surface area contributed by atoms with Crippen molar-refractivity contribution < 1.29 is 14.3 Å². The van der Waals surface area contributed by atoms with Crippen LogP contribution in [0.5, 0.6) is 0 Å². The zero-order chi connectivity index (χ0) is 16.4. The van der Waals surface area contributed by atoms with Gasteiger partial charge < -0.3 is 14.5 Å². The van der Waals surface area contributed by atoms with E-state index in [1.54, 1.807) is 11.9 Å². The molecule has 3 rings (SSSR count). The Labute approximate surface area is 141 Å². The number of morpholine rings is 1. The lowest BCUT2D eigenvalue weighted by atomic mass is 9.94. The van der Waals surface area contributed by atoms with Gasteiger partial charge in [0, 0.05) is 37.5 Å². The SMILES string of the molecule is CN1CC[C@@H](C(=O)N2CCO[C@H](c3ccc(Cl)cc3)C2)CC1=O. The first-order valence-electron chi connectivity index (χ1n) is 7.94. The van der Waals surface area contributed by atoms with Crippen LogP contribution in [-0.4, -0.2) is 54.9 Å². The van der Waals surface area contributed by atoms with Gasteiger partial charge in [-0.1, -0.05) is 23.7 Å². The van der Waals surface area contributed by atoms with Crippen LogP contribution in [0.1, 0.15) is 24.5 Å². The van der Waals surface area contributed by atoms with Crippen LogP contribution in [0.3, 0.4) is 0 Å². The van der Waals surface area contributed by atoms with Gasteiger partial charge in [-0.05, 0) is 24.1 Å². The number of amides is 2. The summed E-state index contributed by atoms with van der Waals surface area (Å²) in [6.07, 6.45) is 0.925. The number of likely N-dealkylation sites (tertiary alicyclic amines) is 1. The Kier molecular flexibility index (Phi) is 4.87. The van der Waals surface area contributed by atoms with Gasteiger partial charge in [0.2, 0.25) is 11.8 Å². The van der Waals surface area contributed by atoms with E-state index in [0.717, 1.165) is 12.0 Å². The van der Waals surface area contributed by atoms with E-state index in [1.165, 1.54) is 0 Å². The maximum atomic E-state index is 12.7. The van der Waals surface area contributed by atoms with Gasteiger partial charge in [0.05, 0.1) is 13.2 Å². The Hall–Kier alpha value is -1.59. The second-order valence-corrected chi connectivity index (χ2v) is 6.64. The number of halogens is 1. The number of nitrogens with zero attached hydrogens (tertiary/aromatic N) is 2. The lowest BCUT2D eigenvalue weighted by Gasteiger charge is -2.37. The third-order valence-electron chi connectivity index (χ3n) is 4.63. The molecule has 1 aromatic rings. The Morgan fingerprint density at radius 3 is 2.70 bits per heavy atom. The summed E-state index contributed by atoms with van der Waals surface area (Å²) >= 11 is 5.92. The van der Waals surface area contributed by atoms with E-state index < -0.39 is 0 Å². The standard InChI is InChI=1S/C17H21ClN2O3/c1-19-7-6-13(10-16(19)21)17(22)20-8-9-23-15(11-20)12-2-4-14(18)5-3-12/h2-5,13,15H,6-11H2,1H3/t13-,15+/m1/s1. The third-order valence-corrected chi connectivity index (χ3v) is 4.88. The normalized spacial score (nSPS) is 25.6. The molecule has 2 aliphatic heterocycles. The topological polar surface area (TPSA) is 49.9 Å². The predicted octanol–water partition coefficient (Wildman–Crippen LogP) is 2.11. The predicted molar refractivity (Wildman–Crippen MR) is 87.1 cm³/mol. The van der Waals surface area contributed by atoms with E-state index in [4.69, 9.17) is 16.3 Å². The molecule has 0 radical (unpaired) electrons. The molecule has 2 atom stereocenters. The average molecular weight is 337 g/mol. The molecule has 5 nitrogen and oxygen atoms in total. The highest BCUT2D eigenvalue weighted by Crippen LogP contribution is 2.26. The van der Waals surface area contributed by atoms with E-state index in [0.29, 0.717) is 37.7 Å². The van der Waals surface area contributed by atoms with Crippen LogP contribution in [0.25, 0.3) is 0 Å². The Balaban J connectivity index is 1.65. The highest BCUT2D eigenvalue weighted by Gasteiger charge is 2.34. The van der Waals surface area contributed by atoms with Gasteiger partial charge in [-0.2, -0.15) is 0 Å². The molecule has 0 spiro atoms. The van der Waals surface area contributed by atoms with Gasteiger partial charge >= 0.3 is 0 Å². The third kappa shape index (κ3) is 3.67. The molecule has 2 amide bonds. The van der Waals surface area contributed by atoms with Gasteiger partial charge in [-0.3, -0.25) is 9.59 Å². The maximum Gasteiger partial charge on any atom is 0.226 e. The molecule has 0 N–H and O–H groups in total. The van der Waals surface area contributed by atoms with E-state index >= 15 is 0 Å². The summed E-state index contributed by atoms with van der Waals surface area (Å²) in [7, 11) is 1.79. The molecule has 0 unspecified atom stereocenters. The first-order valence-corrected chi connectivity index (χ1v) is 8.32. The quantitative estimate of drug-likeness (QED) is 0.831. The fourth-order valence-electron chi connectivity index (χ4n) is 3.14. The second kappa shape index (κ2) is 6.89. The summed E-state index contributed by atoms with van der Waals surface area (Å²) in [5.41, 5.74) is 1.02. The fourth-order valence-corrected chi connectivity index (χ4v) is 3.27. The number of piperidine rings is 1. The molecule has 0 bridgehead atoms. The van der Waals surface area contributed by atoms with Crippen molar-refractivity contribution in [3.05, 3.63) is 34.9 Å². The van der Waals surface area contributed by atoms with Gasteiger partial charge in [0.25, 0.3) is 0 Å². The molecule has 0 saturated carbocycles. The first kappa shape index (κ1) is 16.3. The fraction of sp³-hybridized carbons (Fsp3) is 0.529. The Morgan fingerprint density at radius 2 is 2.00 bits per heavy atom. The number of hydrogen-bond donors (Lipinski definition) is 0. The van der Waals surface area contributed by atoms with Gasteiger partial charge in [0.1, 0.15) is 6.10 Å². The summed E-state index contributed by atoms with van der Waals surface area (Å²) in [4.78, 5) is 28.1. The highest BCUT2D eigenvalue weighted by atomic mass is 35.5. The van der Waals surface area contributed by atoms with Crippen LogP contribution in [0.2, 0.25) is 5.02 Å². The molecule has 124 valence electrons. The van der Waals surface area contributed by atoms with Crippen molar-refractivity contribution in [1.82, 2.24) is 9.80 Å². The van der Waals surface area contributed by atoms with Gasteiger partial charge in [0.15, 0.2) is 0 Å². The summed E-state index contributed by atoms with van der Waals surface area (Å²) < 4.78 is 5.80. The van der Waals surface area contributed by atoms with Crippen LogP contribution < -0.4 is 0 Å². The largest absolute Gasteiger partial charge is 0.370 e. The van der Waals surface area contributed by atoms with Gasteiger partial charge in [-0.15, -0.1) is 0 Å². The minimum atomic E-state index is -0.192. The van der Waals surface area contributed by atoms with Crippen LogP contribution >= 0.6 is 11.6 Å². The van der Waals surface area contributed by atoms with E-state index in [2.05, 4.69) is 0 Å². The molecular weight excluding hydrogens is 316 g/mol. The van der Waals surface area contributed by atoms with Gasteiger partial charge in [-0.25, -0.2) is 0 Å². The molecule has 0 aliphatic carbocycles. The molecule has 2 saturated heterocycles. The highest BCUT2D eigenvalue weighted by molar-refractivity contribution is 6.30. The molecule has 2 fully saturated rings. The summed E-state index contributed by atoms with van der Waals surface area (Å²) in [6.45, 7) is 2.28. The number of ether oxygens (including phenoxy) is 1. The van der Waals surface area contributed by atoms with E-state index in [1.807, 2.05) is 29.2 Å². The van der Waals surface area contributed by atoms with Crippen LogP contribution in [-0.2, 0) is 14.3 Å². The zero-order valence-electron chi connectivity index (χ0n) is 13.2. The Bertz CT molecular complexity index is 590. The monoisotopic (exact) mass is 336 g/mol. The van der Waals surface area contributed by atoms with Crippen molar-refractivity contribution in [2.24, 2.45) is 5.92 Å². The van der Waals surface area contributed by atoms with Crippen LogP contribution in [0, 0.1) is 5.92 Å². The Morgan fingerprint density at radius 1 is 1.26 bits per heavy atom. The minimum absolute atomic E-state index is 0.0529. The number of hydrogen-bond acceptors (Lipinski definition) is 3. The van der Waals surface area contributed by atoms with Crippen molar-refractivity contribution >= 4 is 23.4 Å². The lowest BCUT2D eigenvalue weighted by Crippen LogP contribution is -2.48. The summed E-state index contributed by atoms with van der Waals surface area (Å²) in [5.74, 6) is -0.0616. The molecular formula is C17H21ClN2O3. The molecule has 0 aromatic heterocycles. The molecule has 2 heterocycles. The smallest absolute Gasteiger partial charge is 0.226 e. The lowest BCUT2D eigenvalue weighted by molar-refractivity contribution is -0.149. The second-order valence-electron chi connectivity index (χ2n) is 6.20. The maximum absolute atomic E-state index is 12.7. The zero-order valence-corrected chi connectivity index (χ0v) is 14.0. The summed E-state index contributed by atoms with van der Waals surface area (Å²) in [5, 5.41) is 0.683. The molecule has 6 heteroatoms. The van der Waals surface area contributed by atoms with Crippen LogP contribution in [0.4, 0.5) is 0 Å². The van der Waals surface area contributed by atoms with Crippen LogP contribution in [0.15, 0.2) is 24.3 Å². The number of carbonyl (C=O) groups excluding carboxylic acids is 2. The molecule has 2 aliphatic rings. The number of rotatable bonds is 2. The first-order chi connectivity index (χ1) is 11.0. The van der Waals surface area contributed by atoms with Crippen molar-refractivity contribution in [1.29, 1.82) is 0 Å². The molecule has 23 heavy (non-hydrogen) atoms. The van der Waals surface area contributed by atoms with Crippen molar-refractivity contribution in [3.63, 3.8) is 0 Å².